The molecule has 0 bridgehead atoms. The lowest BCUT2D eigenvalue weighted by atomic mass is 10.2. The normalized spacial score (nSPS) is 10.2. The average molecular weight is 295 g/mol. The summed E-state index contributed by atoms with van der Waals surface area (Å²) in [7, 11) is 0. The maximum absolute atomic E-state index is 13.6. The Morgan fingerprint density at radius 3 is 3.00 bits per heavy atom. The largest absolute Gasteiger partial charge is 0.476 e. The fourth-order valence-electron chi connectivity index (χ4n) is 1.60. The molecule has 1 heterocycles. The number of aromatic nitrogens is 1. The minimum absolute atomic E-state index is 0.135. The number of hydrogen-bond acceptors (Lipinski definition) is 3. The summed E-state index contributed by atoms with van der Waals surface area (Å²) in [4.78, 5) is 16.0. The van der Waals surface area contributed by atoms with Gasteiger partial charge in [0.2, 0.25) is 5.88 Å². The van der Waals surface area contributed by atoms with E-state index in [9.17, 15) is 9.18 Å². The first kappa shape index (κ1) is 14.3. The maximum atomic E-state index is 13.6. The Morgan fingerprint density at radius 2 is 2.25 bits per heavy atom. The fourth-order valence-corrected chi connectivity index (χ4v) is 1.77. The average Bonchev–Trinajstić information content (AvgIpc) is 2.44. The van der Waals surface area contributed by atoms with E-state index in [4.69, 9.17) is 16.3 Å². The number of rotatable bonds is 4. The van der Waals surface area contributed by atoms with Crippen molar-refractivity contribution in [3.8, 4) is 5.88 Å². The zero-order valence-corrected chi connectivity index (χ0v) is 11.4. The molecule has 1 N–H and O–H groups in total. The molecule has 0 aliphatic carbocycles. The van der Waals surface area contributed by atoms with E-state index in [1.54, 1.807) is 25.3 Å². The van der Waals surface area contributed by atoms with Gasteiger partial charge in [0, 0.05) is 11.2 Å². The second-order valence-corrected chi connectivity index (χ2v) is 4.30. The van der Waals surface area contributed by atoms with E-state index in [1.165, 1.54) is 12.1 Å². The summed E-state index contributed by atoms with van der Waals surface area (Å²) in [6.45, 7) is 2.21. The summed E-state index contributed by atoms with van der Waals surface area (Å²) in [6, 6.07) is 7.06. The van der Waals surface area contributed by atoms with Gasteiger partial charge in [-0.2, -0.15) is 0 Å². The van der Waals surface area contributed by atoms with Gasteiger partial charge in [-0.15, -0.1) is 0 Å². The lowest BCUT2D eigenvalue weighted by molar-refractivity contribution is 0.102. The Labute approximate surface area is 120 Å². The highest BCUT2D eigenvalue weighted by atomic mass is 35.5. The van der Waals surface area contributed by atoms with Crippen molar-refractivity contribution in [2.45, 2.75) is 6.92 Å². The van der Waals surface area contributed by atoms with Crippen LogP contribution in [0.1, 0.15) is 17.3 Å². The summed E-state index contributed by atoms with van der Waals surface area (Å²) in [5.41, 5.74) is 0.238. The Morgan fingerprint density at radius 1 is 1.45 bits per heavy atom. The molecule has 20 heavy (non-hydrogen) atoms. The molecule has 1 amide bonds. The third-order valence-corrected chi connectivity index (χ3v) is 2.71. The first-order valence-corrected chi connectivity index (χ1v) is 6.34. The highest BCUT2D eigenvalue weighted by Crippen LogP contribution is 2.22. The molecule has 0 fully saturated rings. The van der Waals surface area contributed by atoms with Gasteiger partial charge in [0.1, 0.15) is 11.5 Å². The van der Waals surface area contributed by atoms with Crippen LogP contribution in [0.2, 0.25) is 5.02 Å². The SMILES string of the molecule is CCOc1ncccc1NC(=O)c1cc(Cl)ccc1F. The van der Waals surface area contributed by atoms with Gasteiger partial charge in [0.15, 0.2) is 0 Å². The van der Waals surface area contributed by atoms with Crippen LogP contribution >= 0.6 is 11.6 Å². The first-order chi connectivity index (χ1) is 9.61. The number of carbonyl (C=O) groups excluding carboxylic acids is 1. The van der Waals surface area contributed by atoms with Gasteiger partial charge in [-0.25, -0.2) is 9.37 Å². The fraction of sp³-hybridized carbons (Fsp3) is 0.143. The number of ether oxygens (including phenoxy) is 1. The highest BCUT2D eigenvalue weighted by molar-refractivity contribution is 6.31. The van der Waals surface area contributed by atoms with Gasteiger partial charge < -0.3 is 10.1 Å². The molecule has 0 unspecified atom stereocenters. The van der Waals surface area contributed by atoms with Gasteiger partial charge in [-0.05, 0) is 37.3 Å². The number of carbonyl (C=O) groups is 1. The molecule has 0 radical (unpaired) electrons. The topological polar surface area (TPSA) is 51.2 Å². The summed E-state index contributed by atoms with van der Waals surface area (Å²) < 4.78 is 18.9. The third-order valence-electron chi connectivity index (χ3n) is 2.47. The molecule has 104 valence electrons. The first-order valence-electron chi connectivity index (χ1n) is 5.96. The van der Waals surface area contributed by atoms with E-state index in [0.717, 1.165) is 6.07 Å². The number of pyridine rings is 1. The van der Waals surface area contributed by atoms with Gasteiger partial charge in [0.05, 0.1) is 12.2 Å². The molecule has 0 aliphatic heterocycles. The van der Waals surface area contributed by atoms with Crippen molar-refractivity contribution in [1.82, 2.24) is 4.98 Å². The molecule has 0 atom stereocenters. The lowest BCUT2D eigenvalue weighted by Crippen LogP contribution is -2.15. The second-order valence-electron chi connectivity index (χ2n) is 3.87. The van der Waals surface area contributed by atoms with Gasteiger partial charge >= 0.3 is 0 Å². The third kappa shape index (κ3) is 3.24. The Kier molecular flexibility index (Phi) is 4.53. The molecule has 0 saturated carbocycles. The van der Waals surface area contributed by atoms with E-state index < -0.39 is 11.7 Å². The lowest BCUT2D eigenvalue weighted by Gasteiger charge is -2.10. The van der Waals surface area contributed by atoms with Crippen molar-refractivity contribution < 1.29 is 13.9 Å². The molecule has 0 aliphatic rings. The van der Waals surface area contributed by atoms with Crippen molar-refractivity contribution in [3.63, 3.8) is 0 Å². The smallest absolute Gasteiger partial charge is 0.258 e. The molecule has 4 nitrogen and oxygen atoms in total. The molecule has 1 aromatic carbocycles. The van der Waals surface area contributed by atoms with Crippen molar-refractivity contribution >= 4 is 23.2 Å². The van der Waals surface area contributed by atoms with Crippen LogP contribution in [0.25, 0.3) is 0 Å². The number of amides is 1. The zero-order valence-electron chi connectivity index (χ0n) is 10.7. The zero-order chi connectivity index (χ0) is 14.5. The predicted octanol–water partition coefficient (Wildman–Crippen LogP) is 3.53. The molecule has 6 heteroatoms. The van der Waals surface area contributed by atoms with Crippen LogP contribution in [-0.2, 0) is 0 Å². The van der Waals surface area contributed by atoms with Crippen LogP contribution in [0.4, 0.5) is 10.1 Å². The molecule has 2 aromatic rings. The number of anilines is 1. The van der Waals surface area contributed by atoms with E-state index in [1.807, 2.05) is 0 Å². The van der Waals surface area contributed by atoms with Gasteiger partial charge in [-0.1, -0.05) is 11.6 Å². The van der Waals surface area contributed by atoms with E-state index in [-0.39, 0.29) is 16.5 Å². The van der Waals surface area contributed by atoms with E-state index >= 15 is 0 Å². The number of nitrogens with one attached hydrogen (secondary N) is 1. The summed E-state index contributed by atoms with van der Waals surface area (Å²) >= 11 is 5.76. The molecule has 1 aromatic heterocycles. The number of halogens is 2. The van der Waals surface area contributed by atoms with Crippen molar-refractivity contribution in [2.75, 3.05) is 11.9 Å². The second kappa shape index (κ2) is 6.34. The van der Waals surface area contributed by atoms with E-state index in [0.29, 0.717) is 12.3 Å². The summed E-state index contributed by atoms with van der Waals surface area (Å²) in [5.74, 6) is -0.974. The molecule has 0 spiro atoms. The Balaban J connectivity index is 2.26. The van der Waals surface area contributed by atoms with Crippen LogP contribution in [0.3, 0.4) is 0 Å². The monoisotopic (exact) mass is 294 g/mol. The molecular weight excluding hydrogens is 283 g/mol. The Hall–Kier alpha value is -2.14. The number of nitrogens with zero attached hydrogens (tertiary/aromatic N) is 1. The van der Waals surface area contributed by atoms with Gasteiger partial charge in [0.25, 0.3) is 5.91 Å². The van der Waals surface area contributed by atoms with Crippen molar-refractivity contribution in [3.05, 3.63) is 52.9 Å². The van der Waals surface area contributed by atoms with Crippen LogP contribution in [0, 0.1) is 5.82 Å². The number of hydrogen-bond donors (Lipinski definition) is 1. The molecular formula is C14H12ClFN2O2. The quantitative estimate of drug-likeness (QED) is 0.938. The number of benzene rings is 1. The minimum Gasteiger partial charge on any atom is -0.476 e. The van der Waals surface area contributed by atoms with Gasteiger partial charge in [-0.3, -0.25) is 4.79 Å². The maximum Gasteiger partial charge on any atom is 0.258 e. The van der Waals surface area contributed by atoms with Crippen LogP contribution in [0.5, 0.6) is 5.88 Å². The standard InChI is InChI=1S/C14H12ClFN2O2/c1-2-20-14-12(4-3-7-17-14)18-13(19)10-8-9(15)5-6-11(10)16/h3-8H,2H2,1H3,(H,18,19). The molecule has 0 saturated heterocycles. The highest BCUT2D eigenvalue weighted by Gasteiger charge is 2.14. The minimum atomic E-state index is -0.645. The summed E-state index contributed by atoms with van der Waals surface area (Å²) in [5, 5.41) is 2.84. The van der Waals surface area contributed by atoms with Crippen LogP contribution in [0.15, 0.2) is 36.5 Å². The van der Waals surface area contributed by atoms with Crippen molar-refractivity contribution in [2.24, 2.45) is 0 Å². The summed E-state index contributed by atoms with van der Waals surface area (Å²) in [6.07, 6.45) is 1.54. The van der Waals surface area contributed by atoms with Crippen molar-refractivity contribution in [1.29, 1.82) is 0 Å². The van der Waals surface area contributed by atoms with Crippen LogP contribution in [-0.4, -0.2) is 17.5 Å². The molecule has 2 rings (SSSR count). The Bertz CT molecular complexity index is 634. The van der Waals surface area contributed by atoms with E-state index in [2.05, 4.69) is 10.3 Å². The predicted molar refractivity (Wildman–Crippen MR) is 74.8 cm³/mol. The van der Waals surface area contributed by atoms with Crippen LogP contribution < -0.4 is 10.1 Å².